The van der Waals surface area contributed by atoms with Gasteiger partial charge in [0, 0.05) is 30.2 Å². The lowest BCUT2D eigenvalue weighted by atomic mass is 10.1. The van der Waals surface area contributed by atoms with Gasteiger partial charge in [0.25, 0.3) is 5.91 Å². The lowest BCUT2D eigenvalue weighted by molar-refractivity contribution is 0.0981. The van der Waals surface area contributed by atoms with Crippen molar-refractivity contribution in [2.45, 2.75) is 38.3 Å². The van der Waals surface area contributed by atoms with Gasteiger partial charge in [-0.25, -0.2) is 9.97 Å². The summed E-state index contributed by atoms with van der Waals surface area (Å²) in [5, 5.41) is 3.23. The predicted octanol–water partition coefficient (Wildman–Crippen LogP) is 2.64. The highest BCUT2D eigenvalue weighted by Gasteiger charge is 2.31. The van der Waals surface area contributed by atoms with Gasteiger partial charge in [0.15, 0.2) is 0 Å². The maximum atomic E-state index is 12.8. The minimum atomic E-state index is -0.0320. The molecule has 1 unspecified atom stereocenters. The fourth-order valence-electron chi connectivity index (χ4n) is 2.94. The van der Waals surface area contributed by atoms with Gasteiger partial charge in [0.1, 0.15) is 0 Å². The van der Waals surface area contributed by atoms with Crippen molar-refractivity contribution >= 4 is 17.5 Å². The van der Waals surface area contributed by atoms with E-state index in [4.69, 9.17) is 0 Å². The number of para-hydroxylation sites is 1. The molecule has 0 radical (unpaired) electrons. The first kappa shape index (κ1) is 13.2. The lowest BCUT2D eigenvalue weighted by Crippen LogP contribution is -2.35. The summed E-state index contributed by atoms with van der Waals surface area (Å²) in [6.07, 6.45) is 6.48. The fourth-order valence-corrected chi connectivity index (χ4v) is 2.94. The third-order valence-corrected chi connectivity index (χ3v) is 4.24. The Morgan fingerprint density at radius 2 is 1.95 bits per heavy atom. The highest BCUT2D eigenvalue weighted by molar-refractivity contribution is 6.07. The number of anilines is 2. The Bertz CT molecular complexity index is 709. The molecule has 5 heteroatoms. The molecular formula is C17H18N4O. The first-order chi connectivity index (χ1) is 10.7. The van der Waals surface area contributed by atoms with Crippen LogP contribution < -0.4 is 10.2 Å². The second kappa shape index (κ2) is 5.09. The van der Waals surface area contributed by atoms with E-state index in [9.17, 15) is 4.79 Å². The van der Waals surface area contributed by atoms with E-state index in [-0.39, 0.29) is 11.9 Å². The minimum absolute atomic E-state index is 0.0320. The summed E-state index contributed by atoms with van der Waals surface area (Å²) < 4.78 is 0. The molecule has 1 N–H and O–H groups in total. The average molecular weight is 294 g/mol. The molecule has 1 aliphatic heterocycles. The number of aromatic nitrogens is 2. The number of hydrogen-bond donors (Lipinski definition) is 1. The molecule has 0 spiro atoms. The first-order valence-electron chi connectivity index (χ1n) is 7.72. The van der Waals surface area contributed by atoms with Crippen LogP contribution >= 0.6 is 0 Å². The van der Waals surface area contributed by atoms with Crippen molar-refractivity contribution in [3.63, 3.8) is 0 Å². The normalized spacial score (nSPS) is 19.9. The minimum Gasteiger partial charge on any atom is -0.351 e. The van der Waals surface area contributed by atoms with Crippen LogP contribution in [0.25, 0.3) is 0 Å². The zero-order chi connectivity index (χ0) is 15.1. The van der Waals surface area contributed by atoms with Crippen LogP contribution in [0.3, 0.4) is 0 Å². The van der Waals surface area contributed by atoms with E-state index >= 15 is 0 Å². The summed E-state index contributed by atoms with van der Waals surface area (Å²) in [6.45, 7) is 2.07. The molecule has 0 saturated heterocycles. The molecule has 1 aliphatic carbocycles. The fraction of sp³-hybridized carbons (Fsp3) is 0.353. The molecule has 4 rings (SSSR count). The number of carbonyl (C=O) groups is 1. The van der Waals surface area contributed by atoms with Crippen molar-refractivity contribution in [3.05, 3.63) is 47.8 Å². The molecule has 22 heavy (non-hydrogen) atoms. The molecule has 1 saturated carbocycles. The van der Waals surface area contributed by atoms with Crippen molar-refractivity contribution in [1.29, 1.82) is 0 Å². The van der Waals surface area contributed by atoms with E-state index in [0.29, 0.717) is 17.6 Å². The van der Waals surface area contributed by atoms with E-state index in [0.717, 1.165) is 12.1 Å². The van der Waals surface area contributed by atoms with Gasteiger partial charge in [-0.05, 0) is 37.8 Å². The number of amides is 1. The number of nitrogens with zero attached hydrogens (tertiary/aromatic N) is 3. The van der Waals surface area contributed by atoms with Gasteiger partial charge < -0.3 is 10.2 Å². The lowest BCUT2D eigenvalue weighted by Gasteiger charge is -2.22. The number of hydrogen-bond acceptors (Lipinski definition) is 4. The third-order valence-electron chi connectivity index (χ3n) is 4.24. The van der Waals surface area contributed by atoms with Crippen LogP contribution in [0.15, 0.2) is 36.7 Å². The number of carbonyl (C=O) groups excluding carboxylic acids is 1. The van der Waals surface area contributed by atoms with Crippen LogP contribution in [-0.2, 0) is 6.42 Å². The molecule has 2 aromatic rings. The summed E-state index contributed by atoms with van der Waals surface area (Å²) in [7, 11) is 0. The van der Waals surface area contributed by atoms with Crippen LogP contribution in [0.5, 0.6) is 0 Å². The van der Waals surface area contributed by atoms with Gasteiger partial charge in [0.2, 0.25) is 5.95 Å². The van der Waals surface area contributed by atoms with E-state index in [1.165, 1.54) is 18.4 Å². The molecule has 2 heterocycles. The maximum Gasteiger partial charge on any atom is 0.261 e. The van der Waals surface area contributed by atoms with Gasteiger partial charge in [-0.2, -0.15) is 0 Å². The van der Waals surface area contributed by atoms with Crippen LogP contribution in [0.2, 0.25) is 0 Å². The summed E-state index contributed by atoms with van der Waals surface area (Å²) in [6, 6.07) is 8.73. The first-order valence-corrected chi connectivity index (χ1v) is 7.72. The third kappa shape index (κ3) is 2.32. The molecule has 1 aromatic carbocycles. The van der Waals surface area contributed by atoms with E-state index in [1.807, 2.05) is 23.1 Å². The largest absolute Gasteiger partial charge is 0.351 e. The molecule has 0 bridgehead atoms. The van der Waals surface area contributed by atoms with Crippen LogP contribution in [0.4, 0.5) is 11.6 Å². The van der Waals surface area contributed by atoms with Crippen molar-refractivity contribution in [1.82, 2.24) is 9.97 Å². The van der Waals surface area contributed by atoms with E-state index < -0.39 is 0 Å². The Morgan fingerprint density at radius 3 is 2.68 bits per heavy atom. The number of benzene rings is 1. The van der Waals surface area contributed by atoms with Crippen LogP contribution in [0.1, 0.15) is 35.7 Å². The van der Waals surface area contributed by atoms with Crippen molar-refractivity contribution < 1.29 is 4.79 Å². The summed E-state index contributed by atoms with van der Waals surface area (Å²) in [5.74, 6) is 0.573. The highest BCUT2D eigenvalue weighted by Crippen LogP contribution is 2.33. The Hall–Kier alpha value is -2.43. The predicted molar refractivity (Wildman–Crippen MR) is 85.1 cm³/mol. The molecule has 5 nitrogen and oxygen atoms in total. The van der Waals surface area contributed by atoms with E-state index in [1.54, 1.807) is 12.4 Å². The van der Waals surface area contributed by atoms with Crippen molar-refractivity contribution in [2.24, 2.45) is 0 Å². The summed E-state index contributed by atoms with van der Waals surface area (Å²) >= 11 is 0. The second-order valence-electron chi connectivity index (χ2n) is 6.07. The van der Waals surface area contributed by atoms with Crippen LogP contribution in [-0.4, -0.2) is 28.0 Å². The average Bonchev–Trinajstić information content (AvgIpc) is 3.27. The van der Waals surface area contributed by atoms with Gasteiger partial charge in [-0.15, -0.1) is 0 Å². The van der Waals surface area contributed by atoms with Gasteiger partial charge in [-0.1, -0.05) is 18.2 Å². The molecule has 1 amide bonds. The Labute approximate surface area is 129 Å². The second-order valence-corrected chi connectivity index (χ2v) is 6.07. The molecular weight excluding hydrogens is 276 g/mol. The molecule has 1 fully saturated rings. The SMILES string of the molecule is CC1Cc2ccccc2N1C(=O)c1cnc(NC2CC2)nc1. The summed E-state index contributed by atoms with van der Waals surface area (Å²) in [4.78, 5) is 23.2. The standard InChI is InChI=1S/C17H18N4O/c1-11-8-12-4-2-3-5-15(12)21(11)16(22)13-9-18-17(19-10-13)20-14-6-7-14/h2-5,9-11,14H,6-8H2,1H3,(H,18,19,20). The van der Waals surface area contributed by atoms with Crippen LogP contribution in [0, 0.1) is 0 Å². The molecule has 1 atom stereocenters. The van der Waals surface area contributed by atoms with Crippen molar-refractivity contribution in [2.75, 3.05) is 10.2 Å². The quantitative estimate of drug-likeness (QED) is 0.945. The smallest absolute Gasteiger partial charge is 0.261 e. The topological polar surface area (TPSA) is 58.1 Å². The van der Waals surface area contributed by atoms with Gasteiger partial charge in [0.05, 0.1) is 5.56 Å². The molecule has 112 valence electrons. The number of rotatable bonds is 3. The van der Waals surface area contributed by atoms with Gasteiger partial charge in [-0.3, -0.25) is 4.79 Å². The summed E-state index contributed by atoms with van der Waals surface area (Å²) in [5.41, 5.74) is 2.75. The Balaban J connectivity index is 1.58. The highest BCUT2D eigenvalue weighted by atomic mass is 16.2. The Kier molecular flexibility index (Phi) is 3.06. The Morgan fingerprint density at radius 1 is 1.23 bits per heavy atom. The zero-order valence-electron chi connectivity index (χ0n) is 12.5. The number of fused-ring (bicyclic) bond motifs is 1. The van der Waals surface area contributed by atoms with Gasteiger partial charge >= 0.3 is 0 Å². The molecule has 2 aliphatic rings. The maximum absolute atomic E-state index is 12.8. The van der Waals surface area contributed by atoms with Crippen molar-refractivity contribution in [3.8, 4) is 0 Å². The zero-order valence-corrected chi connectivity index (χ0v) is 12.5. The van der Waals surface area contributed by atoms with E-state index in [2.05, 4.69) is 28.3 Å². The molecule has 1 aromatic heterocycles. The monoisotopic (exact) mass is 294 g/mol. The number of nitrogens with one attached hydrogen (secondary N) is 1.